The molecule has 1 saturated heterocycles. The highest BCUT2D eigenvalue weighted by Crippen LogP contribution is 2.21. The molecule has 0 aromatic heterocycles. The minimum Gasteiger partial charge on any atom is -0.508 e. The third-order valence-corrected chi connectivity index (χ3v) is 6.76. The minimum absolute atomic E-state index is 0.0629. The van der Waals surface area contributed by atoms with E-state index in [1.54, 1.807) is 23.9 Å². The zero-order valence-electron chi connectivity index (χ0n) is 21.1. The lowest BCUT2D eigenvalue weighted by atomic mass is 10.0. The molecule has 0 aliphatic carbocycles. The number of carbonyl (C=O) groups excluding carboxylic acids is 3. The first-order chi connectivity index (χ1) is 17.0. The van der Waals surface area contributed by atoms with E-state index in [2.05, 4.69) is 10.6 Å². The molecule has 2 rings (SSSR count). The maximum atomic E-state index is 13.6. The summed E-state index contributed by atoms with van der Waals surface area (Å²) in [7, 11) is 0. The fraction of sp³-hybridized carbons (Fsp3) is 0.600. The highest BCUT2D eigenvalue weighted by atomic mass is 32.2. The Hall–Kier alpha value is -2.79. The number of nitrogens with one attached hydrogen (secondary N) is 2. The van der Waals surface area contributed by atoms with Gasteiger partial charge in [0.15, 0.2) is 0 Å². The van der Waals surface area contributed by atoms with Crippen LogP contribution in [0, 0.1) is 5.92 Å². The lowest BCUT2D eigenvalue weighted by molar-refractivity contribution is -0.145. The predicted molar refractivity (Wildman–Crippen MR) is 138 cm³/mol. The van der Waals surface area contributed by atoms with E-state index in [1.807, 2.05) is 20.1 Å². The third-order valence-electron chi connectivity index (χ3n) is 6.12. The summed E-state index contributed by atoms with van der Waals surface area (Å²) in [6, 6.07) is 2.69. The molecule has 10 nitrogen and oxygen atoms in total. The number of rotatable bonds is 13. The van der Waals surface area contributed by atoms with Crippen molar-refractivity contribution < 1.29 is 29.4 Å². The summed E-state index contributed by atoms with van der Waals surface area (Å²) in [4.78, 5) is 52.4. The monoisotopic (exact) mass is 522 g/mol. The van der Waals surface area contributed by atoms with Gasteiger partial charge in [-0.25, -0.2) is 4.79 Å². The van der Waals surface area contributed by atoms with Crippen LogP contribution in [0.15, 0.2) is 24.3 Å². The minimum atomic E-state index is -1.12. The van der Waals surface area contributed by atoms with Crippen LogP contribution in [-0.4, -0.2) is 81.5 Å². The van der Waals surface area contributed by atoms with E-state index in [1.165, 1.54) is 17.0 Å². The first kappa shape index (κ1) is 29.4. The molecule has 200 valence electrons. The van der Waals surface area contributed by atoms with Gasteiger partial charge in [0.25, 0.3) is 0 Å². The second-order valence-electron chi connectivity index (χ2n) is 9.54. The number of carboxylic acids is 1. The van der Waals surface area contributed by atoms with Crippen molar-refractivity contribution >= 4 is 35.5 Å². The van der Waals surface area contributed by atoms with Crippen LogP contribution < -0.4 is 16.4 Å². The molecule has 1 heterocycles. The van der Waals surface area contributed by atoms with E-state index >= 15 is 0 Å². The van der Waals surface area contributed by atoms with E-state index in [-0.39, 0.29) is 24.5 Å². The van der Waals surface area contributed by atoms with Crippen LogP contribution in [0.1, 0.15) is 45.1 Å². The third kappa shape index (κ3) is 8.70. The number of phenols is 1. The van der Waals surface area contributed by atoms with Crippen molar-refractivity contribution in [1.29, 1.82) is 0 Å². The molecule has 1 aliphatic heterocycles. The van der Waals surface area contributed by atoms with Gasteiger partial charge in [0, 0.05) is 13.0 Å². The van der Waals surface area contributed by atoms with Gasteiger partial charge in [-0.1, -0.05) is 26.0 Å². The van der Waals surface area contributed by atoms with Crippen LogP contribution >= 0.6 is 11.8 Å². The van der Waals surface area contributed by atoms with E-state index < -0.39 is 47.9 Å². The van der Waals surface area contributed by atoms with E-state index in [0.717, 1.165) is 0 Å². The molecule has 3 amide bonds. The van der Waals surface area contributed by atoms with Crippen molar-refractivity contribution in [2.45, 2.75) is 70.1 Å². The number of benzene rings is 1. The molecule has 1 fully saturated rings. The van der Waals surface area contributed by atoms with Crippen LogP contribution in [0.25, 0.3) is 0 Å². The Morgan fingerprint density at radius 3 is 2.39 bits per heavy atom. The number of hydrogen-bond acceptors (Lipinski definition) is 7. The second kappa shape index (κ2) is 14.1. The fourth-order valence-corrected chi connectivity index (χ4v) is 4.68. The predicted octanol–water partition coefficient (Wildman–Crippen LogP) is 1.11. The largest absolute Gasteiger partial charge is 0.508 e. The molecule has 36 heavy (non-hydrogen) atoms. The SMILES string of the molecule is CSCCC(N)C(=O)NC(Cc1ccc(O)cc1)C(=O)N1CCCC1C(=O)NC(CC(C)C)C(=O)O. The maximum absolute atomic E-state index is 13.6. The molecule has 4 unspecified atom stereocenters. The molecule has 0 radical (unpaired) electrons. The van der Waals surface area contributed by atoms with Gasteiger partial charge in [0.05, 0.1) is 6.04 Å². The standard InChI is InChI=1S/C25H38N4O6S/c1-15(2)13-20(25(34)35)28-23(32)21-5-4-11-29(21)24(33)19(14-16-6-8-17(30)9-7-16)27-22(31)18(26)10-12-36-3/h6-9,15,18-21,30H,4-5,10-14,26H2,1-3H3,(H,27,31)(H,28,32)(H,34,35). The van der Waals surface area contributed by atoms with Gasteiger partial charge in [0.1, 0.15) is 23.9 Å². The first-order valence-corrected chi connectivity index (χ1v) is 13.6. The van der Waals surface area contributed by atoms with Gasteiger partial charge in [-0.15, -0.1) is 0 Å². The molecule has 11 heteroatoms. The summed E-state index contributed by atoms with van der Waals surface area (Å²) >= 11 is 1.57. The number of likely N-dealkylation sites (tertiary alicyclic amines) is 1. The summed E-state index contributed by atoms with van der Waals surface area (Å²) in [5.41, 5.74) is 6.73. The van der Waals surface area contributed by atoms with Gasteiger partial charge in [-0.2, -0.15) is 11.8 Å². The lowest BCUT2D eigenvalue weighted by Crippen LogP contribution is -2.57. The van der Waals surface area contributed by atoms with Crippen molar-refractivity contribution in [3.63, 3.8) is 0 Å². The van der Waals surface area contributed by atoms with Gasteiger partial charge in [0.2, 0.25) is 17.7 Å². The van der Waals surface area contributed by atoms with E-state index in [9.17, 15) is 29.4 Å². The highest BCUT2D eigenvalue weighted by molar-refractivity contribution is 7.98. The van der Waals surface area contributed by atoms with Crippen molar-refractivity contribution in [3.8, 4) is 5.75 Å². The molecular formula is C25H38N4O6S. The maximum Gasteiger partial charge on any atom is 0.326 e. The van der Waals surface area contributed by atoms with E-state index in [0.29, 0.717) is 37.1 Å². The number of thioether (sulfide) groups is 1. The molecule has 4 atom stereocenters. The second-order valence-corrected chi connectivity index (χ2v) is 10.5. The van der Waals surface area contributed by atoms with Gasteiger partial charge in [-0.3, -0.25) is 14.4 Å². The number of nitrogens with zero attached hydrogens (tertiary/aromatic N) is 1. The molecule has 1 aliphatic rings. The Labute approximate surface area is 216 Å². The Bertz CT molecular complexity index is 910. The molecular weight excluding hydrogens is 484 g/mol. The molecule has 0 saturated carbocycles. The first-order valence-electron chi connectivity index (χ1n) is 12.2. The van der Waals surface area contributed by atoms with Crippen LogP contribution in [0.2, 0.25) is 0 Å². The number of aromatic hydroxyl groups is 1. The van der Waals surface area contributed by atoms with E-state index in [4.69, 9.17) is 5.73 Å². The fourth-order valence-electron chi connectivity index (χ4n) is 4.19. The average Bonchev–Trinajstić information content (AvgIpc) is 3.32. The number of hydrogen-bond donors (Lipinski definition) is 5. The molecule has 6 N–H and O–H groups in total. The normalized spacial score (nSPS) is 17.9. The van der Waals surface area contributed by atoms with Gasteiger partial charge in [-0.05, 0) is 61.3 Å². The van der Waals surface area contributed by atoms with Crippen molar-refractivity contribution in [1.82, 2.24) is 15.5 Å². The summed E-state index contributed by atoms with van der Waals surface area (Å²) in [6.45, 7) is 4.06. The van der Waals surface area contributed by atoms with Crippen LogP contribution in [0.5, 0.6) is 5.75 Å². The quantitative estimate of drug-likeness (QED) is 0.257. The topological polar surface area (TPSA) is 162 Å². The number of nitrogens with two attached hydrogens (primary N) is 1. The van der Waals surface area contributed by atoms with Crippen LogP contribution in [0.3, 0.4) is 0 Å². The number of carboxylic acid groups (broad SMARTS) is 1. The van der Waals surface area contributed by atoms with Crippen LogP contribution in [0.4, 0.5) is 0 Å². The zero-order chi connectivity index (χ0) is 26.8. The van der Waals surface area contributed by atoms with Crippen molar-refractivity contribution in [2.75, 3.05) is 18.6 Å². The number of aliphatic carboxylic acids is 1. The number of carbonyl (C=O) groups is 4. The van der Waals surface area contributed by atoms with Crippen LogP contribution in [-0.2, 0) is 25.6 Å². The Balaban J connectivity index is 2.21. The number of phenolic OH excluding ortho intramolecular Hbond substituents is 1. The molecule has 0 spiro atoms. The average molecular weight is 523 g/mol. The van der Waals surface area contributed by atoms with Crippen molar-refractivity contribution in [3.05, 3.63) is 29.8 Å². The summed E-state index contributed by atoms with van der Waals surface area (Å²) in [6.07, 6.45) is 3.77. The Morgan fingerprint density at radius 1 is 1.14 bits per heavy atom. The lowest BCUT2D eigenvalue weighted by Gasteiger charge is -2.30. The summed E-state index contributed by atoms with van der Waals surface area (Å²) in [5, 5.41) is 24.4. The smallest absolute Gasteiger partial charge is 0.326 e. The molecule has 1 aromatic rings. The Kier molecular flexibility index (Phi) is 11.5. The summed E-state index contributed by atoms with van der Waals surface area (Å²) < 4.78 is 0. The molecule has 0 bridgehead atoms. The highest BCUT2D eigenvalue weighted by Gasteiger charge is 2.39. The number of amides is 3. The summed E-state index contributed by atoms with van der Waals surface area (Å²) in [5.74, 6) is -1.68. The van der Waals surface area contributed by atoms with Gasteiger partial charge < -0.3 is 31.5 Å². The van der Waals surface area contributed by atoms with Crippen molar-refractivity contribution in [2.24, 2.45) is 11.7 Å². The molecule has 1 aromatic carbocycles. The Morgan fingerprint density at radius 2 is 1.81 bits per heavy atom. The zero-order valence-corrected chi connectivity index (χ0v) is 21.9. The van der Waals surface area contributed by atoms with Gasteiger partial charge >= 0.3 is 5.97 Å².